The van der Waals surface area contributed by atoms with Crippen molar-refractivity contribution in [2.45, 2.75) is 45.2 Å². The highest BCUT2D eigenvalue weighted by atomic mass is 32.2. The summed E-state index contributed by atoms with van der Waals surface area (Å²) < 4.78 is 28.3. The van der Waals surface area contributed by atoms with Crippen molar-refractivity contribution in [1.29, 1.82) is 0 Å². The molecule has 2 heterocycles. The van der Waals surface area contributed by atoms with E-state index < -0.39 is 16.1 Å². The highest BCUT2D eigenvalue weighted by Crippen LogP contribution is 2.22. The predicted molar refractivity (Wildman–Crippen MR) is 82.7 cm³/mol. The molecule has 1 saturated heterocycles. The van der Waals surface area contributed by atoms with Crippen molar-refractivity contribution in [2.75, 3.05) is 19.6 Å². The molecule has 8 heteroatoms. The lowest BCUT2D eigenvalue weighted by Crippen LogP contribution is -2.57. The Balaban J connectivity index is 2.21. The van der Waals surface area contributed by atoms with Crippen LogP contribution in [-0.2, 0) is 21.4 Å². The summed E-state index contributed by atoms with van der Waals surface area (Å²) in [4.78, 5) is 14.3. The average Bonchev–Trinajstić information content (AvgIpc) is 2.93. The minimum atomic E-state index is -3.68. The third-order valence-electron chi connectivity index (χ3n) is 3.82. The second-order valence-corrected chi connectivity index (χ2v) is 7.89. The van der Waals surface area contributed by atoms with Crippen LogP contribution in [-0.4, -0.2) is 59.0 Å². The largest absolute Gasteiger partial charge is 0.340 e. The molecule has 22 heavy (non-hydrogen) atoms. The summed E-state index contributed by atoms with van der Waals surface area (Å²) in [5, 5.41) is 4.01. The van der Waals surface area contributed by atoms with Crippen molar-refractivity contribution < 1.29 is 13.2 Å². The van der Waals surface area contributed by atoms with E-state index in [-0.39, 0.29) is 10.8 Å². The van der Waals surface area contributed by atoms with Crippen molar-refractivity contribution in [2.24, 2.45) is 5.92 Å². The third-order valence-corrected chi connectivity index (χ3v) is 5.74. The lowest BCUT2D eigenvalue weighted by Gasteiger charge is -2.38. The van der Waals surface area contributed by atoms with Crippen LogP contribution in [0.15, 0.2) is 17.3 Å². The van der Waals surface area contributed by atoms with Crippen molar-refractivity contribution >= 4 is 15.9 Å². The monoisotopic (exact) mass is 328 g/mol. The molecule has 1 aliphatic heterocycles. The number of aryl methyl sites for hydroxylation is 1. The fourth-order valence-electron chi connectivity index (χ4n) is 2.65. The molecule has 0 bridgehead atoms. The molecule has 0 aliphatic carbocycles. The van der Waals surface area contributed by atoms with E-state index >= 15 is 0 Å². The van der Waals surface area contributed by atoms with Crippen LogP contribution in [0.4, 0.5) is 0 Å². The molecule has 2 rings (SSSR count). The predicted octanol–water partition coefficient (Wildman–Crippen LogP) is 0.780. The fourth-order valence-corrected chi connectivity index (χ4v) is 4.18. The topological polar surface area (TPSA) is 75.5 Å². The third kappa shape index (κ3) is 3.17. The summed E-state index contributed by atoms with van der Waals surface area (Å²) in [6.07, 6.45) is 2.85. The highest BCUT2D eigenvalue weighted by Gasteiger charge is 2.39. The lowest BCUT2D eigenvalue weighted by molar-refractivity contribution is -0.138. The van der Waals surface area contributed by atoms with Gasteiger partial charge in [0.2, 0.25) is 15.9 Å². The summed E-state index contributed by atoms with van der Waals surface area (Å²) in [7, 11) is -3.68. The van der Waals surface area contributed by atoms with E-state index in [1.807, 2.05) is 20.8 Å². The standard InChI is InChI=1S/C14H24N4O3S/c1-5-17-10-13(8-15-17)22(20,21)18-7-6-16(9-11(2)3)14(19)12(18)4/h8,10-12H,5-7,9H2,1-4H3/t12-/m1/s1. The van der Waals surface area contributed by atoms with E-state index in [0.717, 1.165) is 0 Å². The Bertz CT molecular complexity index is 638. The van der Waals surface area contributed by atoms with Crippen LogP contribution in [0.1, 0.15) is 27.7 Å². The minimum Gasteiger partial charge on any atom is -0.340 e. The molecular weight excluding hydrogens is 304 g/mol. The molecule has 124 valence electrons. The van der Waals surface area contributed by atoms with Crippen molar-refractivity contribution in [1.82, 2.24) is 19.0 Å². The Morgan fingerprint density at radius 2 is 2.05 bits per heavy atom. The van der Waals surface area contributed by atoms with E-state index in [9.17, 15) is 13.2 Å². The molecule has 1 fully saturated rings. The molecule has 0 N–H and O–H groups in total. The first-order valence-electron chi connectivity index (χ1n) is 7.60. The molecule has 1 amide bonds. The second kappa shape index (κ2) is 6.37. The van der Waals surface area contributed by atoms with Gasteiger partial charge in [0.15, 0.2) is 0 Å². The van der Waals surface area contributed by atoms with Crippen LogP contribution < -0.4 is 0 Å². The van der Waals surface area contributed by atoms with Gasteiger partial charge in [0.25, 0.3) is 0 Å². The van der Waals surface area contributed by atoms with E-state index in [4.69, 9.17) is 0 Å². The number of piperazine rings is 1. The van der Waals surface area contributed by atoms with E-state index in [0.29, 0.717) is 32.1 Å². The molecule has 1 atom stereocenters. The van der Waals surface area contributed by atoms with Crippen molar-refractivity contribution in [3.63, 3.8) is 0 Å². The zero-order valence-electron chi connectivity index (χ0n) is 13.6. The Morgan fingerprint density at radius 3 is 2.59 bits per heavy atom. The minimum absolute atomic E-state index is 0.133. The van der Waals surface area contributed by atoms with Crippen LogP contribution in [0.5, 0.6) is 0 Å². The number of rotatable bonds is 5. The maximum atomic E-state index is 12.7. The molecule has 0 spiro atoms. The second-order valence-electron chi connectivity index (χ2n) is 6.00. The van der Waals surface area contributed by atoms with Crippen molar-refractivity contribution in [3.8, 4) is 0 Å². The summed E-state index contributed by atoms with van der Waals surface area (Å²) in [5.41, 5.74) is 0. The lowest BCUT2D eigenvalue weighted by atomic mass is 10.1. The molecule has 7 nitrogen and oxygen atoms in total. The Labute approximate surface area is 131 Å². The fraction of sp³-hybridized carbons (Fsp3) is 0.714. The van der Waals surface area contributed by atoms with Gasteiger partial charge < -0.3 is 4.90 Å². The smallest absolute Gasteiger partial charge is 0.246 e. The summed E-state index contributed by atoms with van der Waals surface area (Å²) in [6, 6.07) is -0.678. The molecule has 1 aliphatic rings. The summed E-state index contributed by atoms with van der Waals surface area (Å²) >= 11 is 0. The van der Waals surface area contributed by atoms with Crippen LogP contribution >= 0.6 is 0 Å². The van der Waals surface area contributed by atoms with Crippen LogP contribution in [0.3, 0.4) is 0 Å². The molecule has 0 unspecified atom stereocenters. The van der Waals surface area contributed by atoms with E-state index in [1.165, 1.54) is 16.7 Å². The van der Waals surface area contributed by atoms with Crippen LogP contribution in [0.25, 0.3) is 0 Å². The molecule has 1 aromatic heterocycles. The number of sulfonamides is 1. The van der Waals surface area contributed by atoms with Gasteiger partial charge >= 0.3 is 0 Å². The number of hydrogen-bond donors (Lipinski definition) is 0. The molecule has 0 radical (unpaired) electrons. The van der Waals surface area contributed by atoms with Crippen molar-refractivity contribution in [3.05, 3.63) is 12.4 Å². The van der Waals surface area contributed by atoms with Gasteiger partial charge in [0.1, 0.15) is 10.9 Å². The zero-order valence-corrected chi connectivity index (χ0v) is 14.4. The molecular formula is C14H24N4O3S. The summed E-state index contributed by atoms with van der Waals surface area (Å²) in [5.74, 6) is 0.230. The normalized spacial score (nSPS) is 20.9. The van der Waals surface area contributed by atoms with Gasteiger partial charge in [-0.25, -0.2) is 8.42 Å². The maximum absolute atomic E-state index is 12.7. The van der Waals surface area contributed by atoms with E-state index in [1.54, 1.807) is 16.5 Å². The van der Waals surface area contributed by atoms with Crippen LogP contribution in [0.2, 0.25) is 0 Å². The van der Waals surface area contributed by atoms with Crippen LogP contribution in [0, 0.1) is 5.92 Å². The molecule has 0 saturated carbocycles. The van der Waals surface area contributed by atoms with Gasteiger partial charge in [-0.15, -0.1) is 0 Å². The van der Waals surface area contributed by atoms with Gasteiger partial charge in [0, 0.05) is 32.4 Å². The maximum Gasteiger partial charge on any atom is 0.246 e. The Morgan fingerprint density at radius 1 is 1.36 bits per heavy atom. The summed E-state index contributed by atoms with van der Waals surface area (Å²) in [6.45, 7) is 9.63. The number of hydrogen-bond acceptors (Lipinski definition) is 4. The van der Waals surface area contributed by atoms with Gasteiger partial charge in [-0.1, -0.05) is 13.8 Å². The first-order valence-corrected chi connectivity index (χ1v) is 9.04. The number of aromatic nitrogens is 2. The van der Waals surface area contributed by atoms with Gasteiger partial charge in [0.05, 0.1) is 6.20 Å². The first kappa shape index (κ1) is 17.0. The molecule has 0 aromatic carbocycles. The number of carbonyl (C=O) groups is 1. The number of carbonyl (C=O) groups excluding carboxylic acids is 1. The molecule has 1 aromatic rings. The number of nitrogens with zero attached hydrogens (tertiary/aromatic N) is 4. The Kier molecular flexibility index (Phi) is 4.91. The zero-order chi connectivity index (χ0) is 16.5. The average molecular weight is 328 g/mol. The quantitative estimate of drug-likeness (QED) is 0.800. The Hall–Kier alpha value is -1.41. The number of amides is 1. The van der Waals surface area contributed by atoms with Gasteiger partial charge in [-0.3, -0.25) is 9.48 Å². The van der Waals surface area contributed by atoms with Gasteiger partial charge in [-0.2, -0.15) is 9.40 Å². The SMILES string of the molecule is CCn1cc(S(=O)(=O)N2CCN(CC(C)C)C(=O)[C@H]2C)cn1. The highest BCUT2D eigenvalue weighted by molar-refractivity contribution is 7.89. The first-order chi connectivity index (χ1) is 10.3. The van der Waals surface area contributed by atoms with Gasteiger partial charge in [-0.05, 0) is 19.8 Å². The van der Waals surface area contributed by atoms with E-state index in [2.05, 4.69) is 5.10 Å².